The number of hydrogen-bond acceptors (Lipinski definition) is 6. The third kappa shape index (κ3) is 4.78. The SMILES string of the molecule is Cc1cc(C)cc(Nc2nc(Nc3cc(C)cc(C)c3)nc(C(=O)O)n2)c1. The predicted octanol–water partition coefficient (Wildman–Crippen LogP) is 4.29. The van der Waals surface area contributed by atoms with E-state index in [-0.39, 0.29) is 17.7 Å². The van der Waals surface area contributed by atoms with Crippen molar-refractivity contribution in [3.63, 3.8) is 0 Å². The van der Waals surface area contributed by atoms with Gasteiger partial charge in [-0.1, -0.05) is 12.1 Å². The number of aromatic nitrogens is 3. The molecule has 0 fully saturated rings. The van der Waals surface area contributed by atoms with Crippen LogP contribution >= 0.6 is 0 Å². The van der Waals surface area contributed by atoms with Crippen LogP contribution in [-0.2, 0) is 0 Å². The first-order valence-electron chi connectivity index (χ1n) is 8.48. The molecule has 0 aliphatic heterocycles. The van der Waals surface area contributed by atoms with Gasteiger partial charge in [0.25, 0.3) is 0 Å². The molecule has 0 aliphatic rings. The maximum Gasteiger partial charge on any atom is 0.374 e. The van der Waals surface area contributed by atoms with Crippen molar-refractivity contribution >= 4 is 29.2 Å². The third-order valence-electron chi connectivity index (χ3n) is 3.78. The Labute approximate surface area is 157 Å². The summed E-state index contributed by atoms with van der Waals surface area (Å²) in [4.78, 5) is 23.7. The van der Waals surface area contributed by atoms with Gasteiger partial charge in [0.2, 0.25) is 17.7 Å². The van der Waals surface area contributed by atoms with Crippen molar-refractivity contribution in [3.8, 4) is 0 Å². The summed E-state index contributed by atoms with van der Waals surface area (Å²) in [5, 5.41) is 15.5. The number of aryl methyl sites for hydroxylation is 4. The fourth-order valence-electron chi connectivity index (χ4n) is 2.94. The molecule has 3 N–H and O–H groups in total. The Morgan fingerprint density at radius 3 is 1.41 bits per heavy atom. The molecular formula is C20H21N5O2. The van der Waals surface area contributed by atoms with E-state index in [1.165, 1.54) is 0 Å². The molecule has 0 atom stereocenters. The molecule has 7 nitrogen and oxygen atoms in total. The quantitative estimate of drug-likeness (QED) is 0.621. The standard InChI is InChI=1S/C20H21N5O2/c1-11-5-12(2)8-15(7-11)21-19-23-17(18(26)27)24-20(25-19)22-16-9-13(3)6-14(4)10-16/h5-10H,1-4H3,(H,26,27)(H2,21,22,23,24,25). The Hall–Kier alpha value is -3.48. The van der Waals surface area contributed by atoms with Gasteiger partial charge in [0, 0.05) is 11.4 Å². The van der Waals surface area contributed by atoms with Crippen LogP contribution in [0.4, 0.5) is 23.3 Å². The number of benzene rings is 2. The molecular weight excluding hydrogens is 342 g/mol. The van der Waals surface area contributed by atoms with Crippen molar-refractivity contribution in [2.24, 2.45) is 0 Å². The summed E-state index contributed by atoms with van der Waals surface area (Å²) in [6.07, 6.45) is 0. The number of hydrogen-bond donors (Lipinski definition) is 3. The van der Waals surface area contributed by atoms with Crippen LogP contribution in [0.5, 0.6) is 0 Å². The number of carbonyl (C=O) groups is 1. The smallest absolute Gasteiger partial charge is 0.374 e. The highest BCUT2D eigenvalue weighted by molar-refractivity contribution is 5.84. The summed E-state index contributed by atoms with van der Waals surface area (Å²) >= 11 is 0. The van der Waals surface area contributed by atoms with E-state index in [1.807, 2.05) is 64.1 Å². The van der Waals surface area contributed by atoms with Gasteiger partial charge in [0.15, 0.2) is 0 Å². The number of carboxylic acid groups (broad SMARTS) is 1. The van der Waals surface area contributed by atoms with Gasteiger partial charge in [-0.3, -0.25) is 0 Å². The molecule has 27 heavy (non-hydrogen) atoms. The maximum absolute atomic E-state index is 11.4. The molecule has 3 rings (SSSR count). The largest absolute Gasteiger partial charge is 0.475 e. The molecule has 0 saturated heterocycles. The zero-order valence-electron chi connectivity index (χ0n) is 15.7. The van der Waals surface area contributed by atoms with Crippen LogP contribution in [0.3, 0.4) is 0 Å². The molecule has 0 radical (unpaired) electrons. The van der Waals surface area contributed by atoms with E-state index in [4.69, 9.17) is 0 Å². The van der Waals surface area contributed by atoms with Gasteiger partial charge in [0.1, 0.15) is 0 Å². The van der Waals surface area contributed by atoms with Crippen LogP contribution < -0.4 is 10.6 Å². The Morgan fingerprint density at radius 1 is 0.704 bits per heavy atom. The van der Waals surface area contributed by atoms with Gasteiger partial charge in [-0.15, -0.1) is 0 Å². The summed E-state index contributed by atoms with van der Waals surface area (Å²) in [5.74, 6) is -1.22. The summed E-state index contributed by atoms with van der Waals surface area (Å²) < 4.78 is 0. The summed E-state index contributed by atoms with van der Waals surface area (Å²) in [6, 6.07) is 11.9. The minimum absolute atomic E-state index is 0.166. The number of nitrogens with zero attached hydrogens (tertiary/aromatic N) is 3. The van der Waals surface area contributed by atoms with Gasteiger partial charge in [0.05, 0.1) is 0 Å². The number of aromatic carboxylic acids is 1. The van der Waals surface area contributed by atoms with Crippen molar-refractivity contribution < 1.29 is 9.90 Å². The lowest BCUT2D eigenvalue weighted by Gasteiger charge is -2.11. The fraction of sp³-hybridized carbons (Fsp3) is 0.200. The first-order valence-corrected chi connectivity index (χ1v) is 8.48. The minimum atomic E-state index is -1.22. The highest BCUT2D eigenvalue weighted by Crippen LogP contribution is 2.21. The molecule has 0 amide bonds. The topological polar surface area (TPSA) is 100 Å². The Balaban J connectivity index is 1.96. The van der Waals surface area contributed by atoms with Crippen LogP contribution in [0.25, 0.3) is 0 Å². The van der Waals surface area contributed by atoms with Crippen molar-refractivity contribution in [3.05, 3.63) is 64.5 Å². The summed E-state index contributed by atoms with van der Waals surface area (Å²) in [6.45, 7) is 7.95. The highest BCUT2D eigenvalue weighted by atomic mass is 16.4. The Kier molecular flexibility index (Phi) is 5.03. The molecule has 2 aromatic carbocycles. The van der Waals surface area contributed by atoms with Gasteiger partial charge in [-0.05, 0) is 74.2 Å². The third-order valence-corrected chi connectivity index (χ3v) is 3.78. The van der Waals surface area contributed by atoms with E-state index in [0.29, 0.717) is 0 Å². The predicted molar refractivity (Wildman–Crippen MR) is 105 cm³/mol. The molecule has 3 aromatic rings. The van der Waals surface area contributed by atoms with Crippen molar-refractivity contribution in [1.82, 2.24) is 15.0 Å². The lowest BCUT2D eigenvalue weighted by molar-refractivity contribution is 0.0683. The summed E-state index contributed by atoms with van der Waals surface area (Å²) in [7, 11) is 0. The van der Waals surface area contributed by atoms with Crippen molar-refractivity contribution in [2.45, 2.75) is 27.7 Å². The molecule has 0 saturated carbocycles. The summed E-state index contributed by atoms with van der Waals surface area (Å²) in [5.41, 5.74) is 5.90. The second-order valence-corrected chi connectivity index (χ2v) is 6.61. The number of rotatable bonds is 5. The number of nitrogens with one attached hydrogen (secondary N) is 2. The minimum Gasteiger partial charge on any atom is -0.475 e. The second kappa shape index (κ2) is 7.41. The van der Waals surface area contributed by atoms with Crippen LogP contribution in [-0.4, -0.2) is 26.0 Å². The Morgan fingerprint density at radius 2 is 1.07 bits per heavy atom. The first kappa shape index (κ1) is 18.3. The zero-order valence-corrected chi connectivity index (χ0v) is 15.7. The molecule has 138 valence electrons. The fourth-order valence-corrected chi connectivity index (χ4v) is 2.94. The van der Waals surface area contributed by atoms with Crippen molar-refractivity contribution in [1.29, 1.82) is 0 Å². The van der Waals surface area contributed by atoms with Gasteiger partial charge in [-0.25, -0.2) is 4.79 Å². The van der Waals surface area contributed by atoms with Gasteiger partial charge in [-0.2, -0.15) is 15.0 Å². The second-order valence-electron chi connectivity index (χ2n) is 6.61. The lowest BCUT2D eigenvalue weighted by atomic mass is 10.1. The highest BCUT2D eigenvalue weighted by Gasteiger charge is 2.13. The van der Waals surface area contributed by atoms with Gasteiger partial charge < -0.3 is 15.7 Å². The Bertz CT molecular complexity index is 905. The average Bonchev–Trinajstić information content (AvgIpc) is 2.52. The van der Waals surface area contributed by atoms with E-state index in [0.717, 1.165) is 33.6 Å². The number of carboxylic acids is 1. The van der Waals surface area contributed by atoms with Crippen LogP contribution in [0, 0.1) is 27.7 Å². The first-order chi connectivity index (χ1) is 12.8. The van der Waals surface area contributed by atoms with Crippen LogP contribution in [0.15, 0.2) is 36.4 Å². The average molecular weight is 363 g/mol. The molecule has 0 unspecified atom stereocenters. The molecule has 1 aromatic heterocycles. The monoisotopic (exact) mass is 363 g/mol. The van der Waals surface area contributed by atoms with Crippen molar-refractivity contribution in [2.75, 3.05) is 10.6 Å². The van der Waals surface area contributed by atoms with Crippen LogP contribution in [0.1, 0.15) is 32.9 Å². The zero-order chi connectivity index (χ0) is 19.6. The lowest BCUT2D eigenvalue weighted by Crippen LogP contribution is -2.11. The van der Waals surface area contributed by atoms with E-state index >= 15 is 0 Å². The van der Waals surface area contributed by atoms with E-state index in [2.05, 4.69) is 25.6 Å². The van der Waals surface area contributed by atoms with Crippen LogP contribution in [0.2, 0.25) is 0 Å². The van der Waals surface area contributed by atoms with E-state index in [9.17, 15) is 9.90 Å². The molecule has 1 heterocycles. The molecule has 7 heteroatoms. The number of anilines is 4. The molecule has 0 aliphatic carbocycles. The van der Waals surface area contributed by atoms with E-state index < -0.39 is 5.97 Å². The maximum atomic E-state index is 11.4. The van der Waals surface area contributed by atoms with E-state index in [1.54, 1.807) is 0 Å². The normalized spacial score (nSPS) is 10.5. The van der Waals surface area contributed by atoms with Gasteiger partial charge >= 0.3 is 5.97 Å². The molecule has 0 bridgehead atoms. The molecule has 0 spiro atoms.